The molecule has 6 nitrogen and oxygen atoms in total. The first kappa shape index (κ1) is 20.0. The minimum Gasteiger partial charge on any atom is -0.308 e. The fraction of sp³-hybridized carbons (Fsp3) is 0.278. The van der Waals surface area contributed by atoms with Gasteiger partial charge in [-0.1, -0.05) is 12.1 Å². The molecule has 10 heteroatoms. The second-order valence-corrected chi connectivity index (χ2v) is 8.41. The van der Waals surface area contributed by atoms with Crippen molar-refractivity contribution in [3.63, 3.8) is 0 Å². The number of alkyl halides is 3. The number of nitrogens with zero attached hydrogens (tertiary/aromatic N) is 1. The van der Waals surface area contributed by atoms with E-state index < -0.39 is 27.8 Å². The smallest absolute Gasteiger partial charge is 0.308 e. The first-order valence-corrected chi connectivity index (χ1v) is 10.1. The lowest BCUT2D eigenvalue weighted by Gasteiger charge is -2.19. The van der Waals surface area contributed by atoms with Gasteiger partial charge in [0.1, 0.15) is 0 Å². The standard InChI is InChI=1S/C18H18F3N3O3S/c1-2-28(26,27)24-9-8-12-6-7-15(11-16(12)24)23-17(25)22-14-5-3-4-13(10-14)18(19,20)21/h3-7,10-11H,2,8-9H2,1H3,(H2,22,23,25). The highest BCUT2D eigenvalue weighted by molar-refractivity contribution is 7.92. The molecule has 0 radical (unpaired) electrons. The van der Waals surface area contributed by atoms with Gasteiger partial charge in [0, 0.05) is 17.9 Å². The number of nitrogens with one attached hydrogen (secondary N) is 2. The third kappa shape index (κ3) is 4.22. The lowest BCUT2D eigenvalue weighted by molar-refractivity contribution is -0.137. The van der Waals surface area contributed by atoms with Gasteiger partial charge in [0.25, 0.3) is 0 Å². The van der Waals surface area contributed by atoms with Crippen LogP contribution in [0.1, 0.15) is 18.1 Å². The highest BCUT2D eigenvalue weighted by Gasteiger charge is 2.31. The van der Waals surface area contributed by atoms with Gasteiger partial charge >= 0.3 is 12.2 Å². The predicted octanol–water partition coefficient (Wildman–Crippen LogP) is 4.06. The summed E-state index contributed by atoms with van der Waals surface area (Å²) in [5, 5.41) is 4.86. The molecule has 0 aromatic heterocycles. The van der Waals surface area contributed by atoms with E-state index in [1.807, 2.05) is 0 Å². The molecule has 0 spiro atoms. The molecule has 2 amide bonds. The summed E-state index contributed by atoms with van der Waals surface area (Å²) < 4.78 is 64.0. The number of carbonyl (C=O) groups is 1. The van der Waals surface area contributed by atoms with Crippen molar-refractivity contribution in [3.8, 4) is 0 Å². The van der Waals surface area contributed by atoms with Gasteiger partial charge in [-0.25, -0.2) is 13.2 Å². The lowest BCUT2D eigenvalue weighted by Crippen LogP contribution is -2.30. The average Bonchev–Trinajstić information content (AvgIpc) is 3.05. The topological polar surface area (TPSA) is 78.5 Å². The number of fused-ring (bicyclic) bond motifs is 1. The van der Waals surface area contributed by atoms with Gasteiger partial charge in [-0.2, -0.15) is 13.2 Å². The molecular weight excluding hydrogens is 395 g/mol. The fourth-order valence-corrected chi connectivity index (χ4v) is 4.09. The quantitative estimate of drug-likeness (QED) is 0.793. The van der Waals surface area contributed by atoms with Gasteiger partial charge < -0.3 is 10.6 Å². The zero-order valence-corrected chi connectivity index (χ0v) is 15.7. The van der Waals surface area contributed by atoms with E-state index in [0.717, 1.165) is 17.7 Å². The van der Waals surface area contributed by atoms with Crippen molar-refractivity contribution in [1.82, 2.24) is 0 Å². The first-order valence-electron chi connectivity index (χ1n) is 8.49. The highest BCUT2D eigenvalue weighted by atomic mass is 32.2. The van der Waals surface area contributed by atoms with Crippen LogP contribution in [-0.2, 0) is 22.6 Å². The molecule has 28 heavy (non-hydrogen) atoms. The number of halogens is 3. The van der Waals surface area contributed by atoms with Crippen LogP contribution in [0.15, 0.2) is 42.5 Å². The summed E-state index contributed by atoms with van der Waals surface area (Å²) in [4.78, 5) is 12.1. The van der Waals surface area contributed by atoms with Crippen LogP contribution in [0.2, 0.25) is 0 Å². The van der Waals surface area contributed by atoms with E-state index in [1.54, 1.807) is 25.1 Å². The van der Waals surface area contributed by atoms with Crippen LogP contribution in [-0.4, -0.2) is 26.7 Å². The largest absolute Gasteiger partial charge is 0.416 e. The van der Waals surface area contributed by atoms with E-state index in [2.05, 4.69) is 10.6 Å². The van der Waals surface area contributed by atoms with Gasteiger partial charge in [0.05, 0.1) is 17.0 Å². The number of benzene rings is 2. The Morgan fingerprint density at radius 1 is 1.11 bits per heavy atom. The van der Waals surface area contributed by atoms with Crippen molar-refractivity contribution in [2.75, 3.05) is 27.2 Å². The van der Waals surface area contributed by atoms with Crippen molar-refractivity contribution >= 4 is 33.1 Å². The summed E-state index contributed by atoms with van der Waals surface area (Å²) in [6.07, 6.45) is -3.94. The molecule has 0 bridgehead atoms. The molecule has 1 aliphatic heterocycles. The second-order valence-electron chi connectivity index (χ2n) is 6.22. The number of rotatable bonds is 4. The number of amides is 2. The molecule has 1 heterocycles. The van der Waals surface area contributed by atoms with Crippen LogP contribution in [0.5, 0.6) is 0 Å². The maximum atomic E-state index is 12.8. The van der Waals surface area contributed by atoms with E-state index >= 15 is 0 Å². The summed E-state index contributed by atoms with van der Waals surface area (Å²) in [6, 6.07) is 8.43. The molecule has 3 rings (SSSR count). The van der Waals surface area contributed by atoms with Crippen LogP contribution in [0.4, 0.5) is 35.0 Å². The van der Waals surface area contributed by atoms with Crippen molar-refractivity contribution in [2.45, 2.75) is 19.5 Å². The molecular formula is C18H18F3N3O3S. The van der Waals surface area contributed by atoms with E-state index in [0.29, 0.717) is 24.3 Å². The van der Waals surface area contributed by atoms with Crippen LogP contribution in [0.25, 0.3) is 0 Å². The normalized spacial score (nSPS) is 13.9. The van der Waals surface area contributed by atoms with Crippen molar-refractivity contribution in [1.29, 1.82) is 0 Å². The molecule has 1 aliphatic rings. The van der Waals surface area contributed by atoms with Crippen LogP contribution < -0.4 is 14.9 Å². The van der Waals surface area contributed by atoms with Gasteiger partial charge in [0.2, 0.25) is 10.0 Å². The van der Waals surface area contributed by atoms with Gasteiger partial charge in [-0.15, -0.1) is 0 Å². The van der Waals surface area contributed by atoms with Gasteiger partial charge in [-0.3, -0.25) is 4.31 Å². The SMILES string of the molecule is CCS(=O)(=O)N1CCc2ccc(NC(=O)Nc3cccc(C(F)(F)F)c3)cc21. The molecule has 150 valence electrons. The Balaban J connectivity index is 1.75. The zero-order valence-electron chi connectivity index (χ0n) is 14.9. The molecule has 2 N–H and O–H groups in total. The molecule has 0 unspecified atom stereocenters. The molecule has 0 atom stereocenters. The number of sulfonamides is 1. The van der Waals surface area contributed by atoms with Crippen LogP contribution >= 0.6 is 0 Å². The molecule has 0 fully saturated rings. The Morgan fingerprint density at radius 2 is 1.79 bits per heavy atom. The van der Waals surface area contributed by atoms with Crippen molar-refractivity contribution in [2.24, 2.45) is 0 Å². The average molecular weight is 413 g/mol. The summed E-state index contributed by atoms with van der Waals surface area (Å²) in [7, 11) is -3.43. The third-order valence-corrected chi connectivity index (χ3v) is 6.12. The third-order valence-electron chi connectivity index (χ3n) is 4.34. The molecule has 2 aromatic rings. The molecule has 0 saturated heterocycles. The number of anilines is 3. The molecule has 0 saturated carbocycles. The maximum absolute atomic E-state index is 12.8. The summed E-state index contributed by atoms with van der Waals surface area (Å²) >= 11 is 0. The zero-order chi connectivity index (χ0) is 20.5. The summed E-state index contributed by atoms with van der Waals surface area (Å²) in [5.74, 6) is -0.0415. The summed E-state index contributed by atoms with van der Waals surface area (Å²) in [6.45, 7) is 1.89. The Hall–Kier alpha value is -2.75. The Bertz CT molecular complexity index is 1010. The van der Waals surface area contributed by atoms with E-state index in [1.165, 1.54) is 16.4 Å². The summed E-state index contributed by atoms with van der Waals surface area (Å²) in [5.41, 5.74) is 0.799. The number of urea groups is 1. The van der Waals surface area contributed by atoms with E-state index in [-0.39, 0.29) is 11.4 Å². The van der Waals surface area contributed by atoms with Crippen LogP contribution in [0.3, 0.4) is 0 Å². The number of hydrogen-bond donors (Lipinski definition) is 2. The predicted molar refractivity (Wildman–Crippen MR) is 101 cm³/mol. The van der Waals surface area contributed by atoms with Gasteiger partial charge in [-0.05, 0) is 49.2 Å². The number of hydrogen-bond acceptors (Lipinski definition) is 3. The number of carbonyl (C=O) groups excluding carboxylic acids is 1. The maximum Gasteiger partial charge on any atom is 0.416 e. The lowest BCUT2D eigenvalue weighted by atomic mass is 10.1. The van der Waals surface area contributed by atoms with Crippen molar-refractivity contribution in [3.05, 3.63) is 53.6 Å². The van der Waals surface area contributed by atoms with Crippen LogP contribution in [0, 0.1) is 0 Å². The van der Waals surface area contributed by atoms with Crippen molar-refractivity contribution < 1.29 is 26.4 Å². The van der Waals surface area contributed by atoms with E-state index in [9.17, 15) is 26.4 Å². The minimum absolute atomic E-state index is 0.0105. The Morgan fingerprint density at radius 3 is 2.43 bits per heavy atom. The second kappa shape index (κ2) is 7.34. The first-order chi connectivity index (χ1) is 13.1. The Kier molecular flexibility index (Phi) is 5.24. The monoisotopic (exact) mass is 413 g/mol. The fourth-order valence-electron chi connectivity index (χ4n) is 2.94. The molecule has 0 aliphatic carbocycles. The molecule has 2 aromatic carbocycles. The van der Waals surface area contributed by atoms with Gasteiger partial charge in [0.15, 0.2) is 0 Å². The minimum atomic E-state index is -4.51. The van der Waals surface area contributed by atoms with E-state index in [4.69, 9.17) is 0 Å². The Labute approximate surface area is 160 Å². The highest BCUT2D eigenvalue weighted by Crippen LogP contribution is 2.33.